The van der Waals surface area contributed by atoms with Crippen LogP contribution in [0.4, 0.5) is 4.39 Å². The molecule has 3 rings (SSSR count). The van der Waals surface area contributed by atoms with Gasteiger partial charge < -0.3 is 10.6 Å². The second-order valence-electron chi connectivity index (χ2n) is 5.43. The van der Waals surface area contributed by atoms with Crippen molar-refractivity contribution in [2.75, 3.05) is 0 Å². The lowest BCUT2D eigenvalue weighted by atomic mass is 10.1. The Morgan fingerprint density at radius 3 is 3.00 bits per heavy atom. The van der Waals surface area contributed by atoms with Gasteiger partial charge in [-0.3, -0.25) is 4.79 Å². The molecule has 1 aromatic rings. The summed E-state index contributed by atoms with van der Waals surface area (Å²) in [4.78, 5) is 12.1. The largest absolute Gasteiger partial charge is 0.348 e. The topological polar surface area (TPSA) is 41.1 Å². The fraction of sp³-hybridized carbons (Fsp3) is 0.500. The van der Waals surface area contributed by atoms with Gasteiger partial charge in [-0.25, -0.2) is 4.39 Å². The molecular formula is C14H16ClFN2O. The van der Waals surface area contributed by atoms with Crippen molar-refractivity contribution in [3.8, 4) is 0 Å². The monoisotopic (exact) mass is 282 g/mol. The Morgan fingerprint density at radius 1 is 1.53 bits per heavy atom. The number of amides is 1. The summed E-state index contributed by atoms with van der Waals surface area (Å²) in [5.74, 6) is 0.146. The van der Waals surface area contributed by atoms with E-state index in [4.69, 9.17) is 11.6 Å². The van der Waals surface area contributed by atoms with Crippen LogP contribution in [0.15, 0.2) is 18.2 Å². The molecule has 0 aromatic heterocycles. The number of benzene rings is 1. The molecule has 3 nitrogen and oxygen atoms in total. The van der Waals surface area contributed by atoms with Crippen molar-refractivity contribution >= 4 is 17.5 Å². The average molecular weight is 283 g/mol. The normalized spacial score (nSPS) is 29.7. The number of carbonyl (C=O) groups is 1. The summed E-state index contributed by atoms with van der Waals surface area (Å²) in [6, 6.07) is 4.84. The van der Waals surface area contributed by atoms with Gasteiger partial charge >= 0.3 is 0 Å². The zero-order chi connectivity index (χ0) is 13.6. The summed E-state index contributed by atoms with van der Waals surface area (Å²) in [5.41, 5.74) is 0.420. The number of piperidine rings is 1. The molecule has 19 heavy (non-hydrogen) atoms. The van der Waals surface area contributed by atoms with Crippen LogP contribution >= 0.6 is 11.6 Å². The van der Waals surface area contributed by atoms with Crippen molar-refractivity contribution in [3.63, 3.8) is 0 Å². The number of rotatable bonds is 3. The second-order valence-corrected chi connectivity index (χ2v) is 5.84. The zero-order valence-corrected chi connectivity index (χ0v) is 11.4. The maximum Gasteiger partial charge on any atom is 0.237 e. The summed E-state index contributed by atoms with van der Waals surface area (Å²) in [6.45, 7) is 1.77. The van der Waals surface area contributed by atoms with E-state index < -0.39 is 5.82 Å². The summed E-state index contributed by atoms with van der Waals surface area (Å²) >= 11 is 5.75. The number of nitrogens with one attached hydrogen (secondary N) is 2. The lowest BCUT2D eigenvalue weighted by molar-refractivity contribution is -0.123. The number of carbonyl (C=O) groups excluding carboxylic acids is 1. The summed E-state index contributed by atoms with van der Waals surface area (Å²) in [7, 11) is 0. The third kappa shape index (κ3) is 2.47. The smallest absolute Gasteiger partial charge is 0.237 e. The van der Waals surface area contributed by atoms with Crippen LogP contribution in [0.1, 0.15) is 31.4 Å². The second kappa shape index (κ2) is 4.76. The van der Waals surface area contributed by atoms with Gasteiger partial charge in [0.2, 0.25) is 5.91 Å². The predicted octanol–water partition coefficient (Wildman–Crippen LogP) is 2.41. The maximum absolute atomic E-state index is 13.8. The highest BCUT2D eigenvalue weighted by molar-refractivity contribution is 6.30. The molecule has 102 valence electrons. The van der Waals surface area contributed by atoms with Gasteiger partial charge in [0.05, 0.1) is 17.1 Å². The van der Waals surface area contributed by atoms with Crippen molar-refractivity contribution in [1.82, 2.24) is 10.6 Å². The average Bonchev–Trinajstić information content (AvgIpc) is 2.99. The Bertz CT molecular complexity index is 512. The van der Waals surface area contributed by atoms with Gasteiger partial charge in [-0.1, -0.05) is 23.7 Å². The van der Waals surface area contributed by atoms with Crippen LogP contribution in [0.2, 0.25) is 5.02 Å². The van der Waals surface area contributed by atoms with Crippen molar-refractivity contribution in [2.24, 2.45) is 5.92 Å². The Balaban J connectivity index is 1.65. The Labute approximate surface area is 116 Å². The van der Waals surface area contributed by atoms with Gasteiger partial charge in [-0.05, 0) is 31.7 Å². The minimum absolute atomic E-state index is 0.0564. The highest BCUT2D eigenvalue weighted by atomic mass is 35.5. The highest BCUT2D eigenvalue weighted by Gasteiger charge is 2.47. The molecule has 1 amide bonds. The lowest BCUT2D eigenvalue weighted by Gasteiger charge is -2.19. The molecule has 2 aliphatic rings. The number of fused-ring (bicyclic) bond motifs is 1. The Hall–Kier alpha value is -1.13. The number of hydrogen-bond acceptors (Lipinski definition) is 2. The molecule has 0 bridgehead atoms. The molecule has 1 heterocycles. The SMILES string of the molecule is C[C@H](NC(=O)[C@@H]1C[C@H]2C[C@H]2N1)c1cccc(Cl)c1F. The van der Waals surface area contributed by atoms with Gasteiger partial charge in [0.15, 0.2) is 0 Å². The van der Waals surface area contributed by atoms with Crippen LogP contribution in [0.5, 0.6) is 0 Å². The fourth-order valence-corrected chi connectivity index (χ4v) is 2.95. The van der Waals surface area contributed by atoms with E-state index in [1.54, 1.807) is 19.1 Å². The van der Waals surface area contributed by atoms with Gasteiger partial charge in [0.25, 0.3) is 0 Å². The van der Waals surface area contributed by atoms with Gasteiger partial charge in [0, 0.05) is 11.6 Å². The molecular weight excluding hydrogens is 267 g/mol. The van der Waals surface area contributed by atoms with Gasteiger partial charge in [0.1, 0.15) is 5.82 Å². The molecule has 1 aliphatic heterocycles. The molecule has 1 aromatic carbocycles. The predicted molar refractivity (Wildman–Crippen MR) is 71.4 cm³/mol. The highest BCUT2D eigenvalue weighted by Crippen LogP contribution is 2.40. The van der Waals surface area contributed by atoms with Crippen molar-refractivity contribution in [1.29, 1.82) is 0 Å². The maximum atomic E-state index is 13.8. The summed E-state index contributed by atoms with van der Waals surface area (Å²) in [5, 5.41) is 6.21. The quantitative estimate of drug-likeness (QED) is 0.894. The Morgan fingerprint density at radius 2 is 2.32 bits per heavy atom. The Kier molecular flexibility index (Phi) is 3.23. The fourth-order valence-electron chi connectivity index (χ4n) is 2.77. The molecule has 0 spiro atoms. The lowest BCUT2D eigenvalue weighted by Crippen LogP contribution is -2.43. The first kappa shape index (κ1) is 12.9. The summed E-state index contributed by atoms with van der Waals surface area (Å²) in [6.07, 6.45) is 2.07. The molecule has 1 saturated heterocycles. The third-order valence-corrected chi connectivity index (χ3v) is 4.29. The molecule has 0 unspecified atom stereocenters. The van der Waals surface area contributed by atoms with Crippen LogP contribution in [0.25, 0.3) is 0 Å². The van der Waals surface area contributed by atoms with Crippen molar-refractivity contribution in [3.05, 3.63) is 34.6 Å². The number of hydrogen-bond donors (Lipinski definition) is 2. The molecule has 4 atom stereocenters. The standard InChI is InChI=1S/C14H16ClFN2O/c1-7(9-3-2-4-10(15)13(9)16)17-14(19)12-6-8-5-11(8)18-12/h2-4,7-8,11-12,18H,5-6H2,1H3,(H,17,19)/t7-,8+,11+,12-/m0/s1. The van der Waals surface area contributed by atoms with Crippen LogP contribution in [0.3, 0.4) is 0 Å². The van der Waals surface area contributed by atoms with Crippen LogP contribution in [-0.2, 0) is 4.79 Å². The molecule has 2 N–H and O–H groups in total. The molecule has 5 heteroatoms. The van der Waals surface area contributed by atoms with E-state index >= 15 is 0 Å². The van der Waals surface area contributed by atoms with E-state index in [1.165, 1.54) is 12.5 Å². The van der Waals surface area contributed by atoms with Crippen LogP contribution < -0.4 is 10.6 Å². The van der Waals surface area contributed by atoms with Gasteiger partial charge in [-0.2, -0.15) is 0 Å². The van der Waals surface area contributed by atoms with Crippen LogP contribution in [0, 0.1) is 11.7 Å². The molecule has 2 fully saturated rings. The number of halogens is 2. The molecule has 1 saturated carbocycles. The first-order chi connectivity index (χ1) is 9.06. The van der Waals surface area contributed by atoms with Gasteiger partial charge in [-0.15, -0.1) is 0 Å². The third-order valence-electron chi connectivity index (χ3n) is 4.00. The van der Waals surface area contributed by atoms with Crippen molar-refractivity contribution in [2.45, 2.75) is 37.9 Å². The molecule has 1 aliphatic carbocycles. The first-order valence-electron chi connectivity index (χ1n) is 6.56. The minimum Gasteiger partial charge on any atom is -0.348 e. The van der Waals surface area contributed by atoms with Crippen molar-refractivity contribution < 1.29 is 9.18 Å². The summed E-state index contributed by atoms with van der Waals surface area (Å²) < 4.78 is 13.8. The van der Waals surface area contributed by atoms with E-state index in [2.05, 4.69) is 10.6 Å². The first-order valence-corrected chi connectivity index (χ1v) is 6.94. The van der Waals surface area contributed by atoms with E-state index in [1.807, 2.05) is 0 Å². The minimum atomic E-state index is -0.459. The van der Waals surface area contributed by atoms with E-state index in [0.29, 0.717) is 17.5 Å². The van der Waals surface area contributed by atoms with Crippen LogP contribution in [-0.4, -0.2) is 18.0 Å². The van der Waals surface area contributed by atoms with E-state index in [0.717, 1.165) is 6.42 Å². The van der Waals surface area contributed by atoms with E-state index in [9.17, 15) is 9.18 Å². The van der Waals surface area contributed by atoms with E-state index in [-0.39, 0.29) is 23.0 Å². The zero-order valence-electron chi connectivity index (χ0n) is 10.6. The molecule has 0 radical (unpaired) electrons.